The molecule has 2 fully saturated rings. The highest BCUT2D eigenvalue weighted by molar-refractivity contribution is 5.99. The average Bonchev–Trinajstić information content (AvgIpc) is 3.43. The van der Waals surface area contributed by atoms with E-state index in [-0.39, 0.29) is 29.2 Å². The molecule has 11 heteroatoms. The Balaban J connectivity index is 1.82. The molecule has 0 aromatic heterocycles. The van der Waals surface area contributed by atoms with Gasteiger partial charge < -0.3 is 30.2 Å². The number of amides is 3. The molecule has 3 rings (SSSR count). The van der Waals surface area contributed by atoms with Crippen LogP contribution in [0.15, 0.2) is 18.2 Å². The van der Waals surface area contributed by atoms with Crippen LogP contribution in [0.5, 0.6) is 5.75 Å². The number of aldehydes is 1. The molecule has 2 bridgehead atoms. The zero-order valence-electron chi connectivity index (χ0n) is 19.8. The van der Waals surface area contributed by atoms with Crippen LogP contribution < -0.4 is 15.4 Å². The van der Waals surface area contributed by atoms with Crippen LogP contribution >= 0.6 is 0 Å². The first-order valence-corrected chi connectivity index (χ1v) is 11.5. The molecule has 1 aliphatic carbocycles. The van der Waals surface area contributed by atoms with Gasteiger partial charge in [0, 0.05) is 6.04 Å². The van der Waals surface area contributed by atoms with Gasteiger partial charge in [-0.3, -0.25) is 19.2 Å². The number of halogens is 1. The zero-order valence-corrected chi connectivity index (χ0v) is 19.8. The number of methoxy groups -OCH3 is 1. The van der Waals surface area contributed by atoms with E-state index in [0.29, 0.717) is 25.5 Å². The Morgan fingerprint density at radius 3 is 2.54 bits per heavy atom. The van der Waals surface area contributed by atoms with Crippen molar-refractivity contribution in [2.75, 3.05) is 7.11 Å². The highest BCUT2D eigenvalue weighted by Gasteiger charge is 2.53. The summed E-state index contributed by atoms with van der Waals surface area (Å²) in [5, 5.41) is 14.0. The van der Waals surface area contributed by atoms with Crippen molar-refractivity contribution in [2.24, 2.45) is 11.8 Å². The normalized spacial score (nSPS) is 22.4. The van der Waals surface area contributed by atoms with Gasteiger partial charge in [0.15, 0.2) is 11.6 Å². The van der Waals surface area contributed by atoms with Crippen LogP contribution in [0.3, 0.4) is 0 Å². The predicted octanol–water partition coefficient (Wildman–Crippen LogP) is 1.13. The molecule has 3 N–H and O–H groups in total. The van der Waals surface area contributed by atoms with Crippen molar-refractivity contribution in [1.29, 1.82) is 0 Å². The molecule has 35 heavy (non-hydrogen) atoms. The molecule has 0 spiro atoms. The first-order valence-electron chi connectivity index (χ1n) is 11.5. The van der Waals surface area contributed by atoms with Gasteiger partial charge in [-0.15, -0.1) is 0 Å². The number of hydrogen-bond acceptors (Lipinski definition) is 6. The summed E-state index contributed by atoms with van der Waals surface area (Å²) in [5.41, 5.74) is -0.275. The Morgan fingerprint density at radius 1 is 1.23 bits per heavy atom. The first kappa shape index (κ1) is 26.1. The van der Waals surface area contributed by atoms with Crippen molar-refractivity contribution >= 4 is 30.0 Å². The number of carbonyl (C=O) groups excluding carboxylic acids is 4. The van der Waals surface area contributed by atoms with Crippen molar-refractivity contribution in [3.05, 3.63) is 29.6 Å². The molecule has 0 radical (unpaired) electrons. The van der Waals surface area contributed by atoms with Crippen LogP contribution in [0.1, 0.15) is 49.9 Å². The van der Waals surface area contributed by atoms with Gasteiger partial charge in [0.1, 0.15) is 18.4 Å². The van der Waals surface area contributed by atoms with Gasteiger partial charge in [-0.2, -0.15) is 0 Å². The van der Waals surface area contributed by atoms with Crippen molar-refractivity contribution < 1.29 is 38.2 Å². The summed E-state index contributed by atoms with van der Waals surface area (Å²) < 4.78 is 19.5. The summed E-state index contributed by atoms with van der Waals surface area (Å²) in [5.74, 6) is -4.58. The number of hydrogen-bond donors (Lipinski definition) is 3. The van der Waals surface area contributed by atoms with E-state index in [1.54, 1.807) is 13.8 Å². The minimum absolute atomic E-state index is 0.107. The maximum Gasteiger partial charge on any atom is 0.305 e. The van der Waals surface area contributed by atoms with E-state index in [2.05, 4.69) is 10.6 Å². The quantitative estimate of drug-likeness (QED) is 0.417. The molecule has 3 amide bonds. The second-order valence-corrected chi connectivity index (χ2v) is 9.28. The Morgan fingerprint density at radius 2 is 1.94 bits per heavy atom. The number of likely N-dealkylation sites (tertiary alicyclic amines) is 1. The number of rotatable bonds is 10. The first-order chi connectivity index (χ1) is 16.6. The maximum absolute atomic E-state index is 14.6. The third-order valence-electron chi connectivity index (χ3n) is 6.64. The Kier molecular flexibility index (Phi) is 8.08. The van der Waals surface area contributed by atoms with Crippen LogP contribution in [0, 0.1) is 17.7 Å². The number of ether oxygens (including phenoxy) is 1. The molecule has 1 aromatic carbocycles. The summed E-state index contributed by atoms with van der Waals surface area (Å²) in [4.78, 5) is 63.2. The fourth-order valence-electron chi connectivity index (χ4n) is 4.97. The third-order valence-corrected chi connectivity index (χ3v) is 6.64. The molecule has 1 aliphatic heterocycles. The number of carbonyl (C=O) groups is 5. The van der Waals surface area contributed by atoms with Crippen molar-refractivity contribution in [3.8, 4) is 5.75 Å². The van der Waals surface area contributed by atoms with E-state index in [1.807, 2.05) is 0 Å². The largest absolute Gasteiger partial charge is 0.494 e. The fourth-order valence-corrected chi connectivity index (χ4v) is 4.97. The van der Waals surface area contributed by atoms with E-state index in [1.165, 1.54) is 30.2 Å². The predicted molar refractivity (Wildman–Crippen MR) is 121 cm³/mol. The molecule has 2 aliphatic rings. The van der Waals surface area contributed by atoms with Gasteiger partial charge in [-0.05, 0) is 43.2 Å². The van der Waals surface area contributed by atoms with Gasteiger partial charge in [0.25, 0.3) is 5.91 Å². The Hall–Kier alpha value is -3.50. The van der Waals surface area contributed by atoms with Crippen LogP contribution in [0.2, 0.25) is 0 Å². The topological polar surface area (TPSA) is 142 Å². The molecular formula is C24H30FN3O7. The molecule has 5 atom stereocenters. The van der Waals surface area contributed by atoms with Gasteiger partial charge in [-0.1, -0.05) is 19.9 Å². The molecule has 1 heterocycles. The number of nitrogens with zero attached hydrogens (tertiary/aromatic N) is 1. The second kappa shape index (κ2) is 10.8. The van der Waals surface area contributed by atoms with E-state index < -0.39 is 54.1 Å². The summed E-state index contributed by atoms with van der Waals surface area (Å²) in [6.45, 7) is 3.45. The van der Waals surface area contributed by atoms with Crippen LogP contribution in [0.25, 0.3) is 0 Å². The molecular weight excluding hydrogens is 461 g/mol. The molecule has 10 nitrogen and oxygen atoms in total. The van der Waals surface area contributed by atoms with Crippen LogP contribution in [-0.2, 0) is 19.2 Å². The van der Waals surface area contributed by atoms with Gasteiger partial charge in [0.05, 0.1) is 25.1 Å². The average molecular weight is 492 g/mol. The lowest BCUT2D eigenvalue weighted by Gasteiger charge is -2.38. The van der Waals surface area contributed by atoms with Crippen LogP contribution in [0.4, 0.5) is 4.39 Å². The SMILES string of the molecule is COc1cccc(C(=O)N[C@H](C(=O)N2[C@@H]3CC[C@@H](C3)[C@H]2C(=O)NC(C=O)CC(=O)O)C(C)C)c1F. The molecule has 1 saturated carbocycles. The summed E-state index contributed by atoms with van der Waals surface area (Å²) >= 11 is 0. The lowest BCUT2D eigenvalue weighted by Crippen LogP contribution is -2.60. The number of nitrogens with one attached hydrogen (secondary N) is 2. The van der Waals surface area contributed by atoms with E-state index in [4.69, 9.17) is 9.84 Å². The Bertz CT molecular complexity index is 1010. The maximum atomic E-state index is 14.6. The lowest BCUT2D eigenvalue weighted by atomic mass is 9.95. The van der Waals surface area contributed by atoms with Crippen LogP contribution in [-0.4, -0.2) is 71.3 Å². The summed E-state index contributed by atoms with van der Waals surface area (Å²) in [7, 11) is 1.28. The third kappa shape index (κ3) is 5.44. The Labute approximate surface area is 202 Å². The van der Waals surface area contributed by atoms with Gasteiger partial charge >= 0.3 is 5.97 Å². The number of aliphatic carboxylic acids is 1. The standard InChI is InChI=1S/C24H30FN3O7/c1-12(2)20(27-22(32)16-5-4-6-17(35-3)19(16)25)24(34)28-15-8-7-13(9-15)21(28)23(33)26-14(11-29)10-18(30)31/h4-6,11-15,20-21H,7-10H2,1-3H3,(H,26,33)(H,27,32)(H,30,31)/t13-,14?,15+,20-,21-/m0/s1. The van der Waals surface area contributed by atoms with E-state index in [0.717, 1.165) is 0 Å². The second-order valence-electron chi connectivity index (χ2n) is 9.28. The number of piperidine rings is 1. The fraction of sp³-hybridized carbons (Fsp3) is 0.542. The highest BCUT2D eigenvalue weighted by atomic mass is 19.1. The number of carboxylic acid groups (broad SMARTS) is 1. The van der Waals surface area contributed by atoms with E-state index in [9.17, 15) is 28.4 Å². The van der Waals surface area contributed by atoms with Crippen molar-refractivity contribution in [3.63, 3.8) is 0 Å². The lowest BCUT2D eigenvalue weighted by molar-refractivity contribution is -0.146. The summed E-state index contributed by atoms with van der Waals surface area (Å²) in [6.07, 6.45) is 1.78. The number of carboxylic acids is 1. The number of fused-ring (bicyclic) bond motifs is 2. The minimum Gasteiger partial charge on any atom is -0.494 e. The highest BCUT2D eigenvalue weighted by Crippen LogP contribution is 2.43. The molecule has 1 unspecified atom stereocenters. The smallest absolute Gasteiger partial charge is 0.305 e. The summed E-state index contributed by atoms with van der Waals surface area (Å²) in [6, 6.07) is 0.761. The van der Waals surface area contributed by atoms with E-state index >= 15 is 0 Å². The van der Waals surface area contributed by atoms with Crippen molar-refractivity contribution in [1.82, 2.24) is 15.5 Å². The minimum atomic E-state index is -1.24. The zero-order chi connectivity index (χ0) is 25.9. The number of benzene rings is 1. The monoisotopic (exact) mass is 491 g/mol. The molecule has 1 saturated heterocycles. The molecule has 190 valence electrons. The molecule has 1 aromatic rings. The van der Waals surface area contributed by atoms with Crippen molar-refractivity contribution in [2.45, 2.75) is 63.7 Å². The van der Waals surface area contributed by atoms with Gasteiger partial charge in [-0.25, -0.2) is 4.39 Å². The van der Waals surface area contributed by atoms with Gasteiger partial charge in [0.2, 0.25) is 11.8 Å².